The molecule has 0 aromatic carbocycles. The molecule has 0 saturated heterocycles. The van der Waals surface area contributed by atoms with Crippen LogP contribution in [-0.4, -0.2) is 86.5 Å². The summed E-state index contributed by atoms with van der Waals surface area (Å²) in [5.74, 6) is -6.23. The van der Waals surface area contributed by atoms with E-state index in [1.807, 2.05) is 0 Å². The number of hydrogen-bond donors (Lipinski definition) is 8. The maximum Gasteiger partial charge on any atom is 0.326 e. The molecule has 6 atom stereocenters. The van der Waals surface area contributed by atoms with Crippen LogP contribution in [0.3, 0.4) is 0 Å². The molecule has 0 spiro atoms. The predicted molar refractivity (Wildman–Crippen MR) is 102 cm³/mol. The standard InChI is InChI=1S/C17H30N4O9/c1-6(2)11(17(29)30)19-15(27)13(8(4)23)21-16(28)12(7(3)22)20-14(26)9(18)5-10(24)25/h6-9,11-13,22-23H,5,18H2,1-4H3,(H,19,27)(H,20,26)(H,21,28)(H,24,25)(H,29,30). The largest absolute Gasteiger partial charge is 0.481 e. The average Bonchev–Trinajstić information content (AvgIpc) is 2.59. The molecule has 0 aliphatic rings. The molecule has 0 radical (unpaired) electrons. The van der Waals surface area contributed by atoms with E-state index >= 15 is 0 Å². The van der Waals surface area contributed by atoms with Gasteiger partial charge in [-0.1, -0.05) is 13.8 Å². The van der Waals surface area contributed by atoms with Gasteiger partial charge in [-0.15, -0.1) is 0 Å². The van der Waals surface area contributed by atoms with Gasteiger partial charge in [-0.3, -0.25) is 19.2 Å². The van der Waals surface area contributed by atoms with Crippen LogP contribution < -0.4 is 21.7 Å². The van der Waals surface area contributed by atoms with E-state index in [1.165, 1.54) is 6.92 Å². The number of carboxylic acid groups (broad SMARTS) is 2. The molecule has 0 aromatic heterocycles. The normalized spacial score (nSPS) is 17.1. The minimum Gasteiger partial charge on any atom is -0.481 e. The summed E-state index contributed by atoms with van der Waals surface area (Å²) in [4.78, 5) is 58.7. The molecule has 6 unspecified atom stereocenters. The Morgan fingerprint density at radius 1 is 0.733 bits per heavy atom. The van der Waals surface area contributed by atoms with Crippen LogP contribution in [0.4, 0.5) is 0 Å². The van der Waals surface area contributed by atoms with Crippen molar-refractivity contribution in [2.24, 2.45) is 11.7 Å². The van der Waals surface area contributed by atoms with Crippen molar-refractivity contribution in [3.05, 3.63) is 0 Å². The zero-order valence-electron chi connectivity index (χ0n) is 17.2. The number of aliphatic hydroxyl groups excluding tert-OH is 2. The van der Waals surface area contributed by atoms with E-state index in [0.29, 0.717) is 0 Å². The Balaban J connectivity index is 5.36. The average molecular weight is 434 g/mol. The second-order valence-corrected chi connectivity index (χ2v) is 7.23. The highest BCUT2D eigenvalue weighted by atomic mass is 16.4. The SMILES string of the molecule is CC(C)C(NC(=O)C(NC(=O)C(NC(=O)C(N)CC(=O)O)C(C)O)C(C)O)C(=O)O. The lowest BCUT2D eigenvalue weighted by Gasteiger charge is -2.28. The van der Waals surface area contributed by atoms with Crippen molar-refractivity contribution in [3.8, 4) is 0 Å². The van der Waals surface area contributed by atoms with E-state index in [0.717, 1.165) is 6.92 Å². The van der Waals surface area contributed by atoms with Gasteiger partial charge in [-0.05, 0) is 19.8 Å². The van der Waals surface area contributed by atoms with Crippen molar-refractivity contribution in [2.45, 2.75) is 70.5 Å². The minimum absolute atomic E-state index is 0.489. The molecule has 0 saturated carbocycles. The molecule has 0 aliphatic heterocycles. The van der Waals surface area contributed by atoms with Gasteiger partial charge in [0, 0.05) is 0 Å². The van der Waals surface area contributed by atoms with E-state index in [-0.39, 0.29) is 0 Å². The summed E-state index contributed by atoms with van der Waals surface area (Å²) in [6.07, 6.45) is -3.63. The van der Waals surface area contributed by atoms with Gasteiger partial charge in [0.2, 0.25) is 17.7 Å². The lowest BCUT2D eigenvalue weighted by Crippen LogP contribution is -2.62. The van der Waals surface area contributed by atoms with E-state index in [4.69, 9.17) is 10.8 Å². The van der Waals surface area contributed by atoms with Crippen LogP contribution in [-0.2, 0) is 24.0 Å². The molecule has 0 aliphatic carbocycles. The van der Waals surface area contributed by atoms with Crippen molar-refractivity contribution >= 4 is 29.7 Å². The highest BCUT2D eigenvalue weighted by molar-refractivity contribution is 5.95. The predicted octanol–water partition coefficient (Wildman–Crippen LogP) is -3.25. The van der Waals surface area contributed by atoms with Gasteiger partial charge in [0.1, 0.15) is 18.1 Å². The van der Waals surface area contributed by atoms with E-state index in [1.54, 1.807) is 13.8 Å². The number of aliphatic hydroxyl groups is 2. The van der Waals surface area contributed by atoms with Crippen LogP contribution in [0.25, 0.3) is 0 Å². The Labute approximate surface area is 173 Å². The Kier molecular flexibility index (Phi) is 10.9. The van der Waals surface area contributed by atoms with Crippen molar-refractivity contribution in [3.63, 3.8) is 0 Å². The zero-order valence-corrected chi connectivity index (χ0v) is 17.2. The third-order valence-corrected chi connectivity index (χ3v) is 4.09. The molecule has 3 amide bonds. The first kappa shape index (κ1) is 27.2. The lowest BCUT2D eigenvalue weighted by atomic mass is 10.0. The first-order valence-electron chi connectivity index (χ1n) is 9.16. The van der Waals surface area contributed by atoms with Crippen molar-refractivity contribution < 1.29 is 44.4 Å². The highest BCUT2D eigenvalue weighted by Crippen LogP contribution is 2.05. The minimum atomic E-state index is -1.62. The summed E-state index contributed by atoms with van der Waals surface area (Å²) >= 11 is 0. The summed E-state index contributed by atoms with van der Waals surface area (Å²) < 4.78 is 0. The lowest BCUT2D eigenvalue weighted by molar-refractivity contribution is -0.144. The molecule has 0 bridgehead atoms. The molecule has 0 rings (SSSR count). The van der Waals surface area contributed by atoms with E-state index in [9.17, 15) is 39.3 Å². The summed E-state index contributed by atoms with van der Waals surface area (Å²) in [6, 6.07) is -5.98. The Bertz CT molecular complexity index is 651. The second kappa shape index (κ2) is 12.0. The van der Waals surface area contributed by atoms with E-state index in [2.05, 4.69) is 16.0 Å². The molecule has 13 heteroatoms. The van der Waals surface area contributed by atoms with Gasteiger partial charge < -0.3 is 42.1 Å². The zero-order chi connectivity index (χ0) is 23.8. The third-order valence-electron chi connectivity index (χ3n) is 4.09. The van der Waals surface area contributed by atoms with Gasteiger partial charge in [0.25, 0.3) is 0 Å². The smallest absolute Gasteiger partial charge is 0.326 e. The van der Waals surface area contributed by atoms with Gasteiger partial charge in [-0.25, -0.2) is 4.79 Å². The fourth-order valence-corrected chi connectivity index (χ4v) is 2.35. The van der Waals surface area contributed by atoms with E-state index < -0.39 is 78.4 Å². The van der Waals surface area contributed by atoms with Crippen molar-refractivity contribution in [1.29, 1.82) is 0 Å². The van der Waals surface area contributed by atoms with Crippen LogP contribution in [0.15, 0.2) is 0 Å². The first-order valence-corrected chi connectivity index (χ1v) is 9.16. The number of hydrogen-bond acceptors (Lipinski definition) is 8. The Hall–Kier alpha value is -2.77. The Morgan fingerprint density at radius 3 is 1.40 bits per heavy atom. The highest BCUT2D eigenvalue weighted by Gasteiger charge is 2.35. The maximum absolute atomic E-state index is 12.5. The van der Waals surface area contributed by atoms with Gasteiger partial charge in [0.15, 0.2) is 0 Å². The number of carbonyl (C=O) groups excluding carboxylic acids is 3. The van der Waals surface area contributed by atoms with Gasteiger partial charge >= 0.3 is 11.9 Å². The van der Waals surface area contributed by atoms with Crippen LogP contribution in [0.2, 0.25) is 0 Å². The summed E-state index contributed by atoms with van der Waals surface area (Å²) in [7, 11) is 0. The molecule has 0 aromatic rings. The van der Waals surface area contributed by atoms with Crippen LogP contribution in [0.1, 0.15) is 34.1 Å². The molecular formula is C17H30N4O9. The van der Waals surface area contributed by atoms with Crippen LogP contribution in [0.5, 0.6) is 0 Å². The van der Waals surface area contributed by atoms with Gasteiger partial charge in [-0.2, -0.15) is 0 Å². The fraction of sp³-hybridized carbons (Fsp3) is 0.706. The molecule has 9 N–H and O–H groups in total. The van der Waals surface area contributed by atoms with Crippen LogP contribution >= 0.6 is 0 Å². The monoisotopic (exact) mass is 434 g/mol. The number of carboxylic acids is 2. The summed E-state index contributed by atoms with van der Waals surface area (Å²) in [6.45, 7) is 5.43. The molecular weight excluding hydrogens is 404 g/mol. The quantitative estimate of drug-likeness (QED) is 0.153. The number of rotatable bonds is 12. The topological polar surface area (TPSA) is 228 Å². The molecule has 30 heavy (non-hydrogen) atoms. The number of amides is 3. The maximum atomic E-state index is 12.5. The van der Waals surface area contributed by atoms with Crippen LogP contribution in [0, 0.1) is 5.92 Å². The summed E-state index contributed by atoms with van der Waals surface area (Å²) in [5, 5.41) is 43.9. The number of nitrogens with two attached hydrogens (primary N) is 1. The third kappa shape index (κ3) is 8.71. The molecule has 172 valence electrons. The summed E-state index contributed by atoms with van der Waals surface area (Å²) in [5.41, 5.74) is 5.41. The fourth-order valence-electron chi connectivity index (χ4n) is 2.35. The van der Waals surface area contributed by atoms with Gasteiger partial charge in [0.05, 0.1) is 24.7 Å². The Morgan fingerprint density at radius 2 is 1.10 bits per heavy atom. The molecule has 0 fully saturated rings. The second-order valence-electron chi connectivity index (χ2n) is 7.23. The number of carbonyl (C=O) groups is 5. The molecule has 13 nitrogen and oxygen atoms in total. The van der Waals surface area contributed by atoms with Crippen molar-refractivity contribution in [1.82, 2.24) is 16.0 Å². The van der Waals surface area contributed by atoms with Crippen molar-refractivity contribution in [2.75, 3.05) is 0 Å². The molecule has 0 heterocycles. The number of nitrogens with one attached hydrogen (secondary N) is 3. The number of aliphatic carboxylic acids is 2. The first-order chi connectivity index (χ1) is 13.7.